The lowest BCUT2D eigenvalue weighted by molar-refractivity contribution is -0.124. The molecule has 2 aromatic rings. The Labute approximate surface area is 250 Å². The lowest BCUT2D eigenvalue weighted by atomic mass is 9.46. The summed E-state index contributed by atoms with van der Waals surface area (Å²) in [5, 5.41) is 0. The molecule has 1 saturated carbocycles. The number of hydrogen-bond acceptors (Lipinski definition) is 8. The molecule has 0 spiro atoms. The van der Waals surface area contributed by atoms with Gasteiger partial charge in [-0.05, 0) is 88.9 Å². The summed E-state index contributed by atoms with van der Waals surface area (Å²) in [7, 11) is 2.01. The van der Waals surface area contributed by atoms with Gasteiger partial charge in [-0.25, -0.2) is 14.8 Å². The molecule has 1 aliphatic heterocycles. The Morgan fingerprint density at radius 2 is 2.12 bits per heavy atom. The van der Waals surface area contributed by atoms with E-state index >= 15 is 0 Å². The van der Waals surface area contributed by atoms with Gasteiger partial charge in [-0.1, -0.05) is 32.4 Å². The molecule has 3 N–H and O–H groups in total. The van der Waals surface area contributed by atoms with E-state index in [-0.39, 0.29) is 29.1 Å². The highest BCUT2D eigenvalue weighted by molar-refractivity contribution is 9.10. The van der Waals surface area contributed by atoms with Gasteiger partial charge in [-0.15, -0.1) is 0 Å². The Balaban J connectivity index is 1.27. The minimum atomic E-state index is -0.414. The average Bonchev–Trinajstić information content (AvgIpc) is 3.52. The first-order chi connectivity index (χ1) is 19.4. The van der Waals surface area contributed by atoms with Gasteiger partial charge in [0.2, 0.25) is 0 Å². The summed E-state index contributed by atoms with van der Waals surface area (Å²) in [6, 6.07) is 1.70. The summed E-state index contributed by atoms with van der Waals surface area (Å²) in [6.45, 7) is 10.8. The van der Waals surface area contributed by atoms with Crippen LogP contribution in [0.3, 0.4) is 0 Å². The number of aromatic amines is 1. The van der Waals surface area contributed by atoms with Gasteiger partial charge >= 0.3 is 5.97 Å². The molecule has 10 heteroatoms. The number of rotatable bonds is 8. The maximum absolute atomic E-state index is 13.1. The summed E-state index contributed by atoms with van der Waals surface area (Å²) < 4.78 is 6.50. The highest BCUT2D eigenvalue weighted by Gasteiger charge is 2.55. The van der Waals surface area contributed by atoms with Crippen LogP contribution in [-0.4, -0.2) is 53.6 Å². The van der Waals surface area contributed by atoms with Crippen LogP contribution in [0.4, 0.5) is 17.3 Å². The molecule has 0 saturated heterocycles. The molecule has 41 heavy (non-hydrogen) atoms. The Morgan fingerprint density at radius 3 is 2.85 bits per heavy atom. The predicted molar refractivity (Wildman–Crippen MR) is 165 cm³/mol. The van der Waals surface area contributed by atoms with Crippen molar-refractivity contribution in [2.24, 2.45) is 22.7 Å². The highest BCUT2D eigenvalue weighted by Crippen LogP contribution is 2.61. The topological polar surface area (TPSA) is 117 Å². The van der Waals surface area contributed by atoms with E-state index in [4.69, 9.17) is 10.5 Å². The molecule has 4 atom stereocenters. The van der Waals surface area contributed by atoms with E-state index in [0.29, 0.717) is 23.9 Å². The van der Waals surface area contributed by atoms with Gasteiger partial charge in [0.1, 0.15) is 24.3 Å². The van der Waals surface area contributed by atoms with Crippen molar-refractivity contribution < 1.29 is 14.3 Å². The van der Waals surface area contributed by atoms with Gasteiger partial charge in [0.15, 0.2) is 17.4 Å². The molecule has 9 nitrogen and oxygen atoms in total. The van der Waals surface area contributed by atoms with Crippen molar-refractivity contribution in [3.05, 3.63) is 52.1 Å². The summed E-state index contributed by atoms with van der Waals surface area (Å²) in [5.41, 5.74) is 9.52. The van der Waals surface area contributed by atoms with Crippen molar-refractivity contribution in [2.75, 3.05) is 42.4 Å². The van der Waals surface area contributed by atoms with Crippen molar-refractivity contribution >= 4 is 45.0 Å². The largest absolute Gasteiger partial charge is 0.456 e. The molecule has 0 aromatic carbocycles. The number of esters is 1. The number of nitrogen functional groups attached to an aromatic ring is 1. The fraction of sp³-hybridized carbons (Fsp3) is 0.548. The summed E-state index contributed by atoms with van der Waals surface area (Å²) in [5.74, 6) is 1.76. The second-order valence-corrected chi connectivity index (χ2v) is 13.5. The van der Waals surface area contributed by atoms with Crippen LogP contribution in [0.15, 0.2) is 46.4 Å². The molecule has 0 radical (unpaired) electrons. The number of aromatic nitrogens is 3. The minimum Gasteiger partial charge on any atom is -0.456 e. The summed E-state index contributed by atoms with van der Waals surface area (Å²) in [6.07, 6.45) is 11.8. The van der Waals surface area contributed by atoms with Gasteiger partial charge in [-0.3, -0.25) is 4.79 Å². The zero-order valence-corrected chi connectivity index (χ0v) is 26.3. The van der Waals surface area contributed by atoms with Crippen molar-refractivity contribution in [3.8, 4) is 0 Å². The lowest BCUT2D eigenvalue weighted by Crippen LogP contribution is -2.52. The number of fused-ring (bicyclic) bond motifs is 2. The molecule has 2 aliphatic carbocycles. The molecule has 0 bridgehead atoms. The van der Waals surface area contributed by atoms with Crippen molar-refractivity contribution in [2.45, 2.75) is 59.8 Å². The van der Waals surface area contributed by atoms with E-state index < -0.39 is 5.97 Å². The number of halogens is 1. The number of nitrogens with one attached hydrogen (secondary N) is 1. The van der Waals surface area contributed by atoms with E-state index in [1.165, 1.54) is 11.9 Å². The molecule has 0 amide bonds. The van der Waals surface area contributed by atoms with Gasteiger partial charge in [0.25, 0.3) is 0 Å². The fourth-order valence-electron chi connectivity index (χ4n) is 7.23. The highest BCUT2D eigenvalue weighted by atomic mass is 79.9. The first-order valence-electron chi connectivity index (χ1n) is 14.4. The zero-order chi connectivity index (χ0) is 29.5. The molecule has 0 unspecified atom stereocenters. The normalized spacial score (nSPS) is 27.9. The number of nitrogens with zero attached hydrogens (tertiary/aromatic N) is 4. The molecular formula is C31H41BrN6O3. The number of anilines is 3. The van der Waals surface area contributed by atoms with E-state index in [1.54, 1.807) is 18.3 Å². The molecule has 3 aliphatic rings. The Bertz CT molecular complexity index is 1400. The Kier molecular flexibility index (Phi) is 8.07. The first-order valence-corrected chi connectivity index (χ1v) is 15.2. The third-order valence-corrected chi connectivity index (χ3v) is 10.6. The van der Waals surface area contributed by atoms with E-state index in [2.05, 4.69) is 74.5 Å². The van der Waals surface area contributed by atoms with E-state index in [0.717, 1.165) is 60.4 Å². The zero-order valence-electron chi connectivity index (χ0n) is 24.7. The van der Waals surface area contributed by atoms with Crippen molar-refractivity contribution in [3.63, 3.8) is 0 Å². The predicted octanol–water partition coefficient (Wildman–Crippen LogP) is 5.90. The molecule has 220 valence electrons. The molecular weight excluding hydrogens is 584 g/mol. The number of hydrogen-bond donors (Lipinski definition) is 2. The quantitative estimate of drug-likeness (QED) is 0.275. The SMILES string of the molecule is C/C(=C\CN1CN(C)c2ncnc(N)c21)CC[C@]1(C)[C@@H](C)CC[C@@]2(C)C(COC(=O)c3cc(Br)c[nH]3)=CC(=O)C[C@@H]12. The molecule has 5 rings (SSSR count). The number of allylic oxidation sites excluding steroid dienone is 2. The summed E-state index contributed by atoms with van der Waals surface area (Å²) >= 11 is 3.36. The smallest absolute Gasteiger partial charge is 0.355 e. The summed E-state index contributed by atoms with van der Waals surface area (Å²) in [4.78, 5) is 41.5. The van der Waals surface area contributed by atoms with Crippen LogP contribution in [0, 0.1) is 22.7 Å². The minimum absolute atomic E-state index is 0.0235. The van der Waals surface area contributed by atoms with Crippen LogP contribution in [0.1, 0.15) is 70.3 Å². The second-order valence-electron chi connectivity index (χ2n) is 12.6. The monoisotopic (exact) mass is 624 g/mol. The molecule has 1 fully saturated rings. The molecule has 3 heterocycles. The first kappa shape index (κ1) is 29.4. The number of ketones is 1. The average molecular weight is 626 g/mol. The Hall–Kier alpha value is -3.14. The van der Waals surface area contributed by atoms with Gasteiger partial charge in [-0.2, -0.15) is 0 Å². The number of nitrogens with two attached hydrogens (primary N) is 1. The number of H-pyrrole nitrogens is 1. The van der Waals surface area contributed by atoms with Crippen molar-refractivity contribution in [1.82, 2.24) is 15.0 Å². The number of carbonyl (C=O) groups is 2. The van der Waals surface area contributed by atoms with Crippen LogP contribution < -0.4 is 15.5 Å². The van der Waals surface area contributed by atoms with Gasteiger partial charge in [0, 0.05) is 30.7 Å². The number of carbonyl (C=O) groups excluding carboxylic acids is 2. The fourth-order valence-corrected chi connectivity index (χ4v) is 7.57. The number of ether oxygens (including phenoxy) is 1. The van der Waals surface area contributed by atoms with Crippen LogP contribution in [0.5, 0.6) is 0 Å². The van der Waals surface area contributed by atoms with Gasteiger partial charge < -0.3 is 25.3 Å². The van der Waals surface area contributed by atoms with Crippen LogP contribution in [0.2, 0.25) is 0 Å². The lowest BCUT2D eigenvalue weighted by Gasteiger charge is -2.57. The van der Waals surface area contributed by atoms with Gasteiger partial charge in [0.05, 0.1) is 6.67 Å². The third kappa shape index (κ3) is 5.55. The maximum atomic E-state index is 13.1. The van der Waals surface area contributed by atoms with Crippen LogP contribution >= 0.6 is 15.9 Å². The van der Waals surface area contributed by atoms with Crippen molar-refractivity contribution in [1.29, 1.82) is 0 Å². The van der Waals surface area contributed by atoms with Crippen LogP contribution in [-0.2, 0) is 9.53 Å². The maximum Gasteiger partial charge on any atom is 0.355 e. The van der Waals surface area contributed by atoms with Crippen LogP contribution in [0.25, 0.3) is 0 Å². The molecule has 2 aromatic heterocycles. The van der Waals surface area contributed by atoms with E-state index in [9.17, 15) is 9.59 Å². The standard InChI is InChI=1S/C31H41BrN6O3/c1-19(8-11-38-18-37(5)28-26(38)27(33)35-17-36-28)6-9-30(3)20(2)7-10-31(4)21(12-23(39)14-25(30)31)16-41-29(40)24-13-22(32)15-34-24/h8,12-13,15,17,20,25,34H,6-7,9-11,14,16,18H2,1-5H3,(H2,33,35,36)/b19-8+/t20-,25-,30+,31-/m0/s1. The Morgan fingerprint density at radius 1 is 1.34 bits per heavy atom. The second kappa shape index (κ2) is 11.3. The van der Waals surface area contributed by atoms with E-state index in [1.807, 2.05) is 7.05 Å². The third-order valence-electron chi connectivity index (χ3n) is 10.1.